The molecule has 1 N–H and O–H groups in total. The summed E-state index contributed by atoms with van der Waals surface area (Å²) < 4.78 is 16.3. The summed E-state index contributed by atoms with van der Waals surface area (Å²) >= 11 is 0. The second-order valence-electron chi connectivity index (χ2n) is 8.23. The van der Waals surface area contributed by atoms with Crippen molar-refractivity contribution in [3.8, 4) is 5.75 Å². The zero-order valence-corrected chi connectivity index (χ0v) is 19.9. The highest BCUT2D eigenvalue weighted by Crippen LogP contribution is 2.29. The molecule has 0 spiro atoms. The van der Waals surface area contributed by atoms with Crippen molar-refractivity contribution < 1.29 is 23.5 Å². The van der Waals surface area contributed by atoms with E-state index in [4.69, 9.17) is 13.9 Å². The fourth-order valence-electron chi connectivity index (χ4n) is 3.74. The number of esters is 1. The second-order valence-corrected chi connectivity index (χ2v) is 8.23. The van der Waals surface area contributed by atoms with E-state index < -0.39 is 23.7 Å². The summed E-state index contributed by atoms with van der Waals surface area (Å²) in [5, 5.41) is 3.45. The summed E-state index contributed by atoms with van der Waals surface area (Å²) in [6.45, 7) is 5.88. The van der Waals surface area contributed by atoms with Crippen LogP contribution in [0.3, 0.4) is 0 Å². The third-order valence-corrected chi connectivity index (χ3v) is 5.56. The Labute approximate surface area is 199 Å². The maximum absolute atomic E-state index is 13.0. The lowest BCUT2D eigenvalue weighted by Crippen LogP contribution is -2.43. The van der Waals surface area contributed by atoms with Crippen LogP contribution in [0.5, 0.6) is 5.75 Å². The minimum atomic E-state index is -0.864. The van der Waals surface area contributed by atoms with Gasteiger partial charge in [-0.05, 0) is 43.0 Å². The van der Waals surface area contributed by atoms with Crippen LogP contribution < -0.4 is 15.7 Å². The van der Waals surface area contributed by atoms with Gasteiger partial charge in [0.1, 0.15) is 24.0 Å². The first-order valence-electron chi connectivity index (χ1n) is 11.7. The molecule has 0 fully saturated rings. The van der Waals surface area contributed by atoms with Crippen molar-refractivity contribution in [3.05, 3.63) is 75.6 Å². The van der Waals surface area contributed by atoms with Crippen LogP contribution in [0.25, 0.3) is 11.0 Å². The maximum atomic E-state index is 13.0. The molecule has 1 atom stereocenters. The second kappa shape index (κ2) is 12.0. The van der Waals surface area contributed by atoms with Crippen molar-refractivity contribution in [3.63, 3.8) is 0 Å². The lowest BCUT2D eigenvalue weighted by Gasteiger charge is -2.18. The van der Waals surface area contributed by atoms with Crippen LogP contribution in [0.4, 0.5) is 4.79 Å². The smallest absolute Gasteiger partial charge is 0.408 e. The zero-order valence-electron chi connectivity index (χ0n) is 19.9. The fraction of sp³-hybridized carbons (Fsp3) is 0.370. The van der Waals surface area contributed by atoms with Gasteiger partial charge in [-0.15, -0.1) is 0 Å². The van der Waals surface area contributed by atoms with Crippen LogP contribution in [0.1, 0.15) is 56.2 Å². The van der Waals surface area contributed by atoms with Crippen LogP contribution in [-0.4, -0.2) is 18.1 Å². The minimum absolute atomic E-state index is 0.102. The normalized spacial score (nSPS) is 11.7. The van der Waals surface area contributed by atoms with Gasteiger partial charge in [-0.1, -0.05) is 63.4 Å². The molecule has 1 aromatic heterocycles. The molecule has 7 nitrogen and oxygen atoms in total. The van der Waals surface area contributed by atoms with E-state index in [0.29, 0.717) is 17.6 Å². The van der Waals surface area contributed by atoms with E-state index in [-0.39, 0.29) is 12.4 Å². The maximum Gasteiger partial charge on any atom is 0.408 e. The van der Waals surface area contributed by atoms with Crippen LogP contribution in [0.15, 0.2) is 57.7 Å². The number of fused-ring (bicyclic) bond motifs is 1. The highest BCUT2D eigenvalue weighted by molar-refractivity contribution is 5.87. The first-order valence-corrected chi connectivity index (χ1v) is 11.7. The van der Waals surface area contributed by atoms with Crippen molar-refractivity contribution in [2.24, 2.45) is 0 Å². The molecule has 2 aromatic carbocycles. The molecule has 0 aliphatic carbocycles. The number of rotatable bonds is 10. The highest BCUT2D eigenvalue weighted by Gasteiger charge is 2.24. The number of alkyl carbamates (subject to hydrolysis) is 1. The van der Waals surface area contributed by atoms with Gasteiger partial charge in [0, 0.05) is 17.0 Å². The molecular weight excluding hydrogens is 434 g/mol. The monoisotopic (exact) mass is 465 g/mol. The van der Waals surface area contributed by atoms with Crippen molar-refractivity contribution in [1.82, 2.24) is 5.32 Å². The number of amides is 1. The van der Waals surface area contributed by atoms with E-state index in [1.807, 2.05) is 44.2 Å². The molecule has 0 saturated carbocycles. The number of unbranched alkanes of at least 4 members (excludes halogenated alkanes) is 1. The SMILES string of the molecule is CCCCC(NC(=O)OCc1ccccc1)C(=O)Oc1ccc2c(CCC)cc(=O)oc2c1C. The molecule has 34 heavy (non-hydrogen) atoms. The number of carbonyl (C=O) groups is 2. The molecule has 0 bridgehead atoms. The standard InChI is InChI=1S/C27H31NO6/c1-4-6-13-22(28-27(31)32-17-19-11-8-7-9-12-19)26(30)33-23-15-14-21-20(10-5-2)16-24(29)34-25(21)18(23)3/h7-9,11-12,14-16,22H,4-6,10,13,17H2,1-3H3,(H,28,31). The number of ether oxygens (including phenoxy) is 2. The van der Waals surface area contributed by atoms with Gasteiger partial charge in [-0.3, -0.25) is 0 Å². The molecule has 0 saturated heterocycles. The van der Waals surface area contributed by atoms with Crippen molar-refractivity contribution in [2.45, 2.75) is 65.5 Å². The molecule has 1 amide bonds. The number of nitrogens with one attached hydrogen (secondary N) is 1. The van der Waals surface area contributed by atoms with Gasteiger partial charge in [-0.25, -0.2) is 14.4 Å². The van der Waals surface area contributed by atoms with E-state index in [0.717, 1.165) is 42.2 Å². The lowest BCUT2D eigenvalue weighted by atomic mass is 10.0. The van der Waals surface area contributed by atoms with Crippen molar-refractivity contribution >= 4 is 23.0 Å². The Morgan fingerprint density at radius 1 is 1.06 bits per heavy atom. The lowest BCUT2D eigenvalue weighted by molar-refractivity contribution is -0.136. The molecule has 180 valence electrons. The predicted molar refractivity (Wildman–Crippen MR) is 130 cm³/mol. The van der Waals surface area contributed by atoms with E-state index in [9.17, 15) is 14.4 Å². The van der Waals surface area contributed by atoms with Crippen LogP contribution in [0, 0.1) is 6.92 Å². The van der Waals surface area contributed by atoms with Crippen LogP contribution >= 0.6 is 0 Å². The largest absolute Gasteiger partial charge is 0.445 e. The fourth-order valence-corrected chi connectivity index (χ4v) is 3.74. The van der Waals surface area contributed by atoms with Crippen molar-refractivity contribution in [2.75, 3.05) is 0 Å². The van der Waals surface area contributed by atoms with Gasteiger partial charge in [0.05, 0.1) is 0 Å². The molecule has 3 aromatic rings. The summed E-state index contributed by atoms with van der Waals surface area (Å²) in [7, 11) is 0. The summed E-state index contributed by atoms with van der Waals surface area (Å²) in [5.41, 5.74) is 2.27. The number of carbonyl (C=O) groups excluding carboxylic acids is 2. The highest BCUT2D eigenvalue weighted by atomic mass is 16.6. The molecule has 7 heteroatoms. The summed E-state index contributed by atoms with van der Waals surface area (Å²) in [4.78, 5) is 37.3. The van der Waals surface area contributed by atoms with Gasteiger partial charge < -0.3 is 19.2 Å². The van der Waals surface area contributed by atoms with Gasteiger partial charge in [0.25, 0.3) is 0 Å². The molecule has 3 rings (SSSR count). The Balaban J connectivity index is 1.74. The Morgan fingerprint density at radius 3 is 2.53 bits per heavy atom. The summed E-state index contributed by atoms with van der Waals surface area (Å²) in [6.07, 6.45) is 2.94. The average Bonchev–Trinajstić information content (AvgIpc) is 2.83. The van der Waals surface area contributed by atoms with Gasteiger partial charge in [0.15, 0.2) is 0 Å². The number of hydrogen-bond acceptors (Lipinski definition) is 6. The Hall–Kier alpha value is -3.61. The van der Waals surface area contributed by atoms with Gasteiger partial charge in [-0.2, -0.15) is 0 Å². The third-order valence-electron chi connectivity index (χ3n) is 5.56. The number of aryl methyl sites for hydroxylation is 2. The van der Waals surface area contributed by atoms with E-state index in [1.54, 1.807) is 19.1 Å². The number of benzene rings is 2. The Bertz CT molecular complexity index is 1180. The predicted octanol–water partition coefficient (Wildman–Crippen LogP) is 5.44. The van der Waals surface area contributed by atoms with Crippen LogP contribution in [0.2, 0.25) is 0 Å². The molecule has 1 unspecified atom stereocenters. The first kappa shape index (κ1) is 25.0. The van der Waals surface area contributed by atoms with E-state index in [2.05, 4.69) is 5.32 Å². The van der Waals surface area contributed by atoms with Gasteiger partial charge >= 0.3 is 17.7 Å². The molecule has 0 radical (unpaired) electrons. The quantitative estimate of drug-likeness (QED) is 0.243. The summed E-state index contributed by atoms with van der Waals surface area (Å²) in [6, 6.07) is 13.4. The van der Waals surface area contributed by atoms with Crippen molar-refractivity contribution in [1.29, 1.82) is 0 Å². The average molecular weight is 466 g/mol. The van der Waals surface area contributed by atoms with Crippen LogP contribution in [-0.2, 0) is 22.6 Å². The Morgan fingerprint density at radius 2 is 1.82 bits per heavy atom. The number of hydrogen-bond donors (Lipinski definition) is 1. The minimum Gasteiger partial charge on any atom is -0.445 e. The van der Waals surface area contributed by atoms with Gasteiger partial charge in [0.2, 0.25) is 0 Å². The Kier molecular flexibility index (Phi) is 8.85. The summed E-state index contributed by atoms with van der Waals surface area (Å²) in [5.74, 6) is -0.310. The zero-order chi connectivity index (χ0) is 24.5. The molecular formula is C27H31NO6. The molecule has 1 heterocycles. The first-order chi connectivity index (χ1) is 16.4. The topological polar surface area (TPSA) is 94.8 Å². The molecule has 0 aliphatic heterocycles. The molecule has 0 aliphatic rings. The third kappa shape index (κ3) is 6.47. The van der Waals surface area contributed by atoms with E-state index >= 15 is 0 Å². The van der Waals surface area contributed by atoms with E-state index in [1.165, 1.54) is 6.07 Å².